The number of nitrogens with zero attached hydrogens (tertiary/aromatic N) is 2. The number of rotatable bonds is 20. The van der Waals surface area contributed by atoms with Gasteiger partial charge in [0.2, 0.25) is 59.1 Å². The van der Waals surface area contributed by atoms with Crippen LogP contribution in [0.1, 0.15) is 75.5 Å². The van der Waals surface area contributed by atoms with Crippen molar-refractivity contribution in [2.24, 2.45) is 23.1 Å². The molecular formula is C53H70N12O13S2. The molecule has 0 radical (unpaired) electrons. The number of carbonyl (C=O) groups excluding carboxylic acids is 10. The fraction of sp³-hybridized carbons (Fsp3) is 0.472. The van der Waals surface area contributed by atoms with Gasteiger partial charge >= 0.3 is 0 Å². The summed E-state index contributed by atoms with van der Waals surface area (Å²) in [5, 5.41) is 39.7. The molecule has 2 aliphatic heterocycles. The van der Waals surface area contributed by atoms with Gasteiger partial charge in [-0.3, -0.25) is 58.1 Å². The van der Waals surface area contributed by atoms with Gasteiger partial charge in [-0.2, -0.15) is 0 Å². The number of hydrogen-bond donors (Lipinski definition) is 11. The van der Waals surface area contributed by atoms with Crippen LogP contribution >= 0.6 is 21.6 Å². The van der Waals surface area contributed by atoms with Crippen LogP contribution in [-0.2, 0) is 67.2 Å². The first-order valence-corrected chi connectivity index (χ1v) is 28.6. The number of amides is 10. The fourth-order valence-corrected chi connectivity index (χ4v) is 11.1. The van der Waals surface area contributed by atoms with E-state index in [0.717, 1.165) is 21.6 Å². The average Bonchev–Trinajstić information content (AvgIpc) is 3.95. The molecule has 10 amide bonds. The number of non-ortho nitro benzene ring substituents is 1. The molecule has 80 heavy (non-hydrogen) atoms. The second-order valence-corrected chi connectivity index (χ2v) is 22.4. The Bertz CT molecular complexity index is 2690. The second-order valence-electron chi connectivity index (χ2n) is 19.7. The second kappa shape index (κ2) is 31.1. The number of likely N-dealkylation sites (tertiary alicyclic amines) is 1. The molecule has 2 aliphatic rings. The summed E-state index contributed by atoms with van der Waals surface area (Å²) in [7, 11) is 2.21. The standard InChI is InChI=1S/C53H70N12O13S2/c1-30(2)45-52(75)61-40(28-43(55)67)49(72)62-41(53(76)64-23-8-12-42(64)51(74)58-36(11-6-7-22-54)47(70)59-37(46(56)69)25-33-15-19-35(66)20-16-33)29-80-79-24-21-44(68)57-38(27-32-13-17-34(18-14-32)65(77)78)48(71)60-39(50(73)63-45)26-31-9-4-3-5-10-31/h3-5,9-10,13-20,30,36-42,45,66H,6-8,11-12,21-29,54H2,1-2H3,(H2,55,67)(H2,56,69)(H,57,68)(H,58,74)(H,59,70)(H,60,71)(H,61,75)(H,62,72)(H,63,73)/t36-,37+,38?,39-,40?,41-,42-,45?/m0/s1. The molecule has 2 fully saturated rings. The molecule has 2 saturated heterocycles. The Morgan fingerprint density at radius 3 is 1.99 bits per heavy atom. The van der Waals surface area contributed by atoms with Crippen molar-refractivity contribution in [1.29, 1.82) is 0 Å². The van der Waals surface area contributed by atoms with Gasteiger partial charge in [-0.05, 0) is 73.4 Å². The summed E-state index contributed by atoms with van der Waals surface area (Å²) in [6.45, 7) is 3.53. The lowest BCUT2D eigenvalue weighted by Crippen LogP contribution is -2.61. The molecule has 3 aromatic rings. The van der Waals surface area contributed by atoms with Crippen molar-refractivity contribution < 1.29 is 58.0 Å². The van der Waals surface area contributed by atoms with Crippen molar-refractivity contribution >= 4 is 86.3 Å². The number of phenols is 1. The van der Waals surface area contributed by atoms with Crippen LogP contribution in [0, 0.1) is 16.0 Å². The third kappa shape index (κ3) is 19.5. The summed E-state index contributed by atoms with van der Waals surface area (Å²) in [6, 6.07) is 9.20. The molecule has 5 rings (SSSR count). The maximum Gasteiger partial charge on any atom is 0.269 e. The van der Waals surface area contributed by atoms with Gasteiger partial charge in [-0.15, -0.1) is 0 Å². The molecule has 14 N–H and O–H groups in total. The molecule has 0 saturated carbocycles. The molecule has 25 nitrogen and oxygen atoms in total. The van der Waals surface area contributed by atoms with Crippen molar-refractivity contribution in [3.8, 4) is 5.75 Å². The molecule has 8 atom stereocenters. The number of phenolic OH excluding ortho intramolecular Hbond substituents is 1. The summed E-state index contributed by atoms with van der Waals surface area (Å²) < 4.78 is 0. The Labute approximate surface area is 470 Å². The van der Waals surface area contributed by atoms with Gasteiger partial charge in [0.15, 0.2) is 0 Å². The average molecular weight is 1150 g/mol. The van der Waals surface area contributed by atoms with Crippen LogP contribution in [0.25, 0.3) is 0 Å². The summed E-state index contributed by atoms with van der Waals surface area (Å²) in [6.07, 6.45) is 0.301. The number of benzene rings is 3. The minimum Gasteiger partial charge on any atom is -0.508 e. The van der Waals surface area contributed by atoms with E-state index in [2.05, 4.69) is 37.2 Å². The lowest BCUT2D eigenvalue weighted by atomic mass is 9.99. The summed E-state index contributed by atoms with van der Waals surface area (Å²) in [4.78, 5) is 151. The van der Waals surface area contributed by atoms with Crippen LogP contribution in [0.4, 0.5) is 5.69 Å². The fourth-order valence-electron chi connectivity index (χ4n) is 8.91. The first-order valence-electron chi connectivity index (χ1n) is 26.1. The van der Waals surface area contributed by atoms with E-state index < -0.39 is 125 Å². The van der Waals surface area contributed by atoms with Crippen molar-refractivity contribution in [2.45, 2.75) is 126 Å². The Morgan fingerprint density at radius 2 is 1.36 bits per heavy atom. The van der Waals surface area contributed by atoms with Crippen LogP contribution in [-0.4, -0.2) is 147 Å². The highest BCUT2D eigenvalue weighted by Crippen LogP contribution is 2.26. The highest BCUT2D eigenvalue weighted by molar-refractivity contribution is 8.76. The Balaban J connectivity index is 1.42. The number of unbranched alkanes of at least 4 members (excludes halogenated alkanes) is 1. The van der Waals surface area contributed by atoms with Crippen LogP contribution in [0.15, 0.2) is 78.9 Å². The number of nitrogens with two attached hydrogens (primary N) is 3. The van der Waals surface area contributed by atoms with E-state index in [4.69, 9.17) is 17.2 Å². The van der Waals surface area contributed by atoms with Gasteiger partial charge in [0.25, 0.3) is 5.69 Å². The van der Waals surface area contributed by atoms with E-state index in [-0.39, 0.29) is 74.6 Å². The lowest BCUT2D eigenvalue weighted by Gasteiger charge is -2.31. The molecular weight excluding hydrogens is 1080 g/mol. The maximum atomic E-state index is 14.7. The van der Waals surface area contributed by atoms with Crippen molar-refractivity contribution in [3.05, 3.63) is 106 Å². The van der Waals surface area contributed by atoms with Gasteiger partial charge in [-0.25, -0.2) is 0 Å². The molecule has 0 aliphatic carbocycles. The largest absolute Gasteiger partial charge is 0.508 e. The van der Waals surface area contributed by atoms with Gasteiger partial charge in [-0.1, -0.05) is 90.0 Å². The third-order valence-corrected chi connectivity index (χ3v) is 15.7. The Hall–Kier alpha value is -7.78. The topological polar surface area (TPSA) is 400 Å². The minimum atomic E-state index is -1.69. The van der Waals surface area contributed by atoms with Crippen LogP contribution in [0.5, 0.6) is 5.75 Å². The molecule has 0 aromatic heterocycles. The number of carbonyl (C=O) groups is 10. The predicted molar refractivity (Wildman–Crippen MR) is 297 cm³/mol. The number of nitro benzene ring substituents is 1. The van der Waals surface area contributed by atoms with E-state index in [1.54, 1.807) is 56.3 Å². The molecule has 3 unspecified atom stereocenters. The maximum absolute atomic E-state index is 14.7. The van der Waals surface area contributed by atoms with Gasteiger partial charge < -0.3 is 64.4 Å². The van der Waals surface area contributed by atoms with Gasteiger partial charge in [0, 0.05) is 55.9 Å². The summed E-state index contributed by atoms with van der Waals surface area (Å²) in [5.74, 6) is -8.93. The zero-order chi connectivity index (χ0) is 58.5. The number of hydrogen-bond acceptors (Lipinski definition) is 16. The van der Waals surface area contributed by atoms with Crippen LogP contribution in [0.3, 0.4) is 0 Å². The van der Waals surface area contributed by atoms with Gasteiger partial charge in [0.1, 0.15) is 54.1 Å². The number of nitro groups is 1. The highest BCUT2D eigenvalue weighted by Gasteiger charge is 2.41. The zero-order valence-corrected chi connectivity index (χ0v) is 46.0. The molecule has 2 heterocycles. The number of primary amides is 2. The summed E-state index contributed by atoms with van der Waals surface area (Å²) >= 11 is 0. The minimum absolute atomic E-state index is 0.00881. The number of aromatic hydroxyl groups is 1. The molecule has 3 aromatic carbocycles. The lowest BCUT2D eigenvalue weighted by molar-refractivity contribution is -0.384. The Kier molecular flexibility index (Phi) is 24.5. The van der Waals surface area contributed by atoms with E-state index in [9.17, 15) is 63.2 Å². The quantitative estimate of drug-likeness (QED) is 0.0298. The van der Waals surface area contributed by atoms with E-state index in [0.29, 0.717) is 36.0 Å². The molecule has 432 valence electrons. The normalized spacial score (nSPS) is 21.6. The summed E-state index contributed by atoms with van der Waals surface area (Å²) in [5.41, 5.74) is 18.4. The van der Waals surface area contributed by atoms with Crippen molar-refractivity contribution in [2.75, 3.05) is 24.6 Å². The Morgan fingerprint density at radius 1 is 0.750 bits per heavy atom. The SMILES string of the molecule is CC(C)C1NC(=O)[C@H](Cc2ccccc2)NC(=O)C(Cc2ccc([N+](=O)[O-])cc2)NC(=O)CCSSC[C@@H](C(=O)N2CCC[C@H]2C(=O)N[C@@H](CCCCN)C(=O)N[C@H](Cc2ccc(O)cc2)C(N)=O)NC(=O)C(CC(N)=O)NC1=O. The van der Waals surface area contributed by atoms with Crippen molar-refractivity contribution in [1.82, 2.24) is 42.1 Å². The third-order valence-electron chi connectivity index (χ3n) is 13.2. The van der Waals surface area contributed by atoms with Crippen LogP contribution < -0.4 is 54.4 Å². The molecule has 0 spiro atoms. The first kappa shape index (κ1) is 63.1. The first-order chi connectivity index (χ1) is 38.1. The van der Waals surface area contributed by atoms with Gasteiger partial charge in [0.05, 0.1) is 11.3 Å². The monoisotopic (exact) mass is 1150 g/mol. The predicted octanol–water partition coefficient (Wildman–Crippen LogP) is -0.356. The van der Waals surface area contributed by atoms with Crippen molar-refractivity contribution in [3.63, 3.8) is 0 Å². The highest BCUT2D eigenvalue weighted by atomic mass is 33.1. The molecule has 0 bridgehead atoms. The van der Waals surface area contributed by atoms with E-state index >= 15 is 0 Å². The molecule has 27 heteroatoms. The van der Waals surface area contributed by atoms with Crippen LogP contribution in [0.2, 0.25) is 0 Å². The number of nitrogens with one attached hydrogen (secondary N) is 7. The van der Waals surface area contributed by atoms with E-state index in [1.165, 1.54) is 41.3 Å². The van der Waals surface area contributed by atoms with E-state index in [1.807, 2.05) is 0 Å². The smallest absolute Gasteiger partial charge is 0.269 e. The zero-order valence-electron chi connectivity index (χ0n) is 44.4.